The molecule has 0 spiro atoms. The molecule has 10 nitrogen and oxygen atoms in total. The number of hydrogen-bond acceptors (Lipinski definition) is 10. The molecule has 216 valence electrons. The number of anilines is 3. The van der Waals surface area contributed by atoms with Crippen molar-refractivity contribution < 1.29 is 14.2 Å². The van der Waals surface area contributed by atoms with E-state index in [9.17, 15) is 0 Å². The van der Waals surface area contributed by atoms with E-state index in [1.54, 1.807) is 12.4 Å². The van der Waals surface area contributed by atoms with Crippen molar-refractivity contribution in [1.82, 2.24) is 14.9 Å². The molecule has 2 atom stereocenters. The van der Waals surface area contributed by atoms with Crippen molar-refractivity contribution >= 4 is 22.8 Å². The van der Waals surface area contributed by atoms with Crippen LogP contribution in [0.4, 0.5) is 17.1 Å². The number of rotatable bonds is 7. The van der Waals surface area contributed by atoms with Gasteiger partial charge in [0.05, 0.1) is 34.6 Å². The number of para-hydroxylation sites is 1. The van der Waals surface area contributed by atoms with Crippen LogP contribution in [0.5, 0.6) is 11.5 Å². The molecule has 6 heterocycles. The summed E-state index contributed by atoms with van der Waals surface area (Å²) in [5, 5.41) is 10.5. The molecule has 4 aromatic rings. The molecule has 0 bridgehead atoms. The highest BCUT2D eigenvalue weighted by molar-refractivity contribution is 6.18. The number of epoxide rings is 1. The molecule has 1 fully saturated rings. The largest absolute Gasteiger partial charge is 0.491 e. The number of nitrogens with zero attached hydrogens (tertiary/aromatic N) is 4. The Morgan fingerprint density at radius 3 is 2.91 bits per heavy atom. The van der Waals surface area contributed by atoms with Crippen molar-refractivity contribution in [2.24, 2.45) is 4.99 Å². The highest BCUT2D eigenvalue weighted by Gasteiger charge is 2.45. The number of nitrogens with one attached hydrogen (secondary N) is 3. The van der Waals surface area contributed by atoms with E-state index >= 15 is 0 Å². The minimum absolute atomic E-state index is 0.178. The second-order valence-electron chi connectivity index (χ2n) is 11.2. The van der Waals surface area contributed by atoms with Crippen LogP contribution < -0.4 is 25.4 Å². The Morgan fingerprint density at radius 1 is 1.02 bits per heavy atom. The molecule has 2 aromatic carbocycles. The third-order valence-corrected chi connectivity index (χ3v) is 8.01. The summed E-state index contributed by atoms with van der Waals surface area (Å²) in [5.74, 6) is 1.62. The van der Waals surface area contributed by atoms with Crippen LogP contribution in [0.1, 0.15) is 17.4 Å². The first-order chi connectivity index (χ1) is 21.1. The van der Waals surface area contributed by atoms with Crippen molar-refractivity contribution in [2.45, 2.75) is 12.2 Å². The van der Waals surface area contributed by atoms with Crippen LogP contribution >= 0.6 is 0 Å². The highest BCUT2D eigenvalue weighted by atomic mass is 16.6. The molecule has 43 heavy (non-hydrogen) atoms. The van der Waals surface area contributed by atoms with Gasteiger partial charge in [-0.3, -0.25) is 9.98 Å². The lowest BCUT2D eigenvalue weighted by atomic mass is 9.97. The van der Waals surface area contributed by atoms with Gasteiger partial charge in [0.25, 0.3) is 0 Å². The molecule has 2 aromatic heterocycles. The average Bonchev–Trinajstić information content (AvgIpc) is 3.84. The van der Waals surface area contributed by atoms with Crippen molar-refractivity contribution in [3.05, 3.63) is 90.1 Å². The van der Waals surface area contributed by atoms with Crippen LogP contribution in [0.3, 0.4) is 0 Å². The Bertz CT molecular complexity index is 1800. The lowest BCUT2D eigenvalue weighted by Crippen LogP contribution is -2.25. The third-order valence-electron chi connectivity index (χ3n) is 8.01. The lowest BCUT2D eigenvalue weighted by Gasteiger charge is -2.26. The number of allylic oxidation sites excluding steroid dienone is 1. The molecule has 8 rings (SSSR count). The minimum Gasteiger partial charge on any atom is -0.491 e. The van der Waals surface area contributed by atoms with E-state index in [0.29, 0.717) is 19.9 Å². The van der Waals surface area contributed by atoms with E-state index in [1.165, 1.54) is 0 Å². The van der Waals surface area contributed by atoms with Gasteiger partial charge in [0, 0.05) is 35.6 Å². The number of likely N-dealkylation sites (N-methyl/N-ethyl adjacent to an activating group) is 1. The van der Waals surface area contributed by atoms with E-state index in [-0.39, 0.29) is 12.2 Å². The summed E-state index contributed by atoms with van der Waals surface area (Å²) < 4.78 is 17.6. The summed E-state index contributed by atoms with van der Waals surface area (Å²) in [6, 6.07) is 18.6. The number of pyridine rings is 2. The second kappa shape index (κ2) is 10.4. The van der Waals surface area contributed by atoms with Gasteiger partial charge in [0.2, 0.25) is 0 Å². The van der Waals surface area contributed by atoms with Gasteiger partial charge in [-0.15, -0.1) is 0 Å². The molecular formula is C33H31N7O3. The summed E-state index contributed by atoms with van der Waals surface area (Å²) in [7, 11) is 4.04. The Balaban J connectivity index is 1.06. The molecule has 4 aliphatic rings. The predicted octanol–water partition coefficient (Wildman–Crippen LogP) is 5.13. The molecule has 1 saturated heterocycles. The van der Waals surface area contributed by atoms with Crippen LogP contribution in [0, 0.1) is 0 Å². The normalized spacial score (nSPS) is 19.1. The van der Waals surface area contributed by atoms with Crippen LogP contribution in [0.2, 0.25) is 0 Å². The summed E-state index contributed by atoms with van der Waals surface area (Å²) in [5.41, 5.74) is 10.3. The van der Waals surface area contributed by atoms with Crippen molar-refractivity contribution in [2.75, 3.05) is 56.5 Å². The SMILES string of the molecule is CN(C)CCOc1cncc(-c2ccc3c(n2)C(C2=CNc4c(cccc4-c4ccc5c(c4)OCC4OC54)N2)=NCN3)c1. The fourth-order valence-electron chi connectivity index (χ4n) is 5.70. The maximum Gasteiger partial charge on any atom is 0.138 e. The third kappa shape index (κ3) is 4.84. The number of hydrogen-bond donors (Lipinski definition) is 3. The number of aromatic nitrogens is 2. The zero-order chi connectivity index (χ0) is 28.9. The maximum atomic E-state index is 5.97. The van der Waals surface area contributed by atoms with Crippen LogP contribution in [-0.2, 0) is 4.74 Å². The standard InChI is InChI=1S/C33H31N7O3/c1-40(2)10-11-41-21-12-20(14-34-15-21)24-8-9-25-32(39-24)31(37-18-36-25)27-16-35-30-22(4-3-5-26(30)38-27)19-6-7-23-28(13-19)42-17-29-33(23)43-29/h3-9,12-16,29,33,35-36,38H,10-11,17-18H2,1-2H3. The van der Waals surface area contributed by atoms with E-state index < -0.39 is 0 Å². The fourth-order valence-corrected chi connectivity index (χ4v) is 5.70. The van der Waals surface area contributed by atoms with E-state index in [4.69, 9.17) is 24.2 Å². The first-order valence-corrected chi connectivity index (χ1v) is 14.4. The van der Waals surface area contributed by atoms with Gasteiger partial charge < -0.3 is 35.1 Å². The van der Waals surface area contributed by atoms with Crippen LogP contribution in [0.25, 0.3) is 22.4 Å². The Hall–Kier alpha value is -4.93. The zero-order valence-corrected chi connectivity index (χ0v) is 23.9. The molecule has 4 aliphatic heterocycles. The molecule has 0 saturated carbocycles. The summed E-state index contributed by atoms with van der Waals surface area (Å²) in [4.78, 5) is 16.3. The van der Waals surface area contributed by atoms with Gasteiger partial charge in [-0.2, -0.15) is 0 Å². The molecule has 2 unspecified atom stereocenters. The molecule has 0 radical (unpaired) electrons. The summed E-state index contributed by atoms with van der Waals surface area (Å²) >= 11 is 0. The molecule has 10 heteroatoms. The van der Waals surface area contributed by atoms with Gasteiger partial charge in [0.1, 0.15) is 55.0 Å². The van der Waals surface area contributed by atoms with E-state index in [1.807, 2.05) is 38.5 Å². The van der Waals surface area contributed by atoms with E-state index in [0.717, 1.165) is 80.2 Å². The van der Waals surface area contributed by atoms with Crippen molar-refractivity contribution in [3.63, 3.8) is 0 Å². The first kappa shape index (κ1) is 25.8. The predicted molar refractivity (Wildman–Crippen MR) is 167 cm³/mol. The van der Waals surface area contributed by atoms with Gasteiger partial charge >= 0.3 is 0 Å². The average molecular weight is 574 g/mol. The number of fused-ring (bicyclic) bond motifs is 5. The number of benzene rings is 2. The quantitative estimate of drug-likeness (QED) is 0.259. The summed E-state index contributed by atoms with van der Waals surface area (Å²) in [6.45, 7) is 2.49. The Labute approximate surface area is 249 Å². The van der Waals surface area contributed by atoms with Gasteiger partial charge in [-0.05, 0) is 50.0 Å². The van der Waals surface area contributed by atoms with Crippen molar-refractivity contribution in [3.8, 4) is 33.9 Å². The second-order valence-corrected chi connectivity index (χ2v) is 11.2. The highest BCUT2D eigenvalue weighted by Crippen LogP contribution is 2.48. The Kier molecular flexibility index (Phi) is 6.23. The zero-order valence-electron chi connectivity index (χ0n) is 23.9. The minimum atomic E-state index is 0.178. The fraction of sp³-hybridized carbons (Fsp3) is 0.242. The first-order valence-electron chi connectivity index (χ1n) is 14.4. The molecule has 0 aliphatic carbocycles. The number of aliphatic imine (C=N–C) groups is 1. The summed E-state index contributed by atoms with van der Waals surface area (Å²) in [6.07, 6.45) is 5.89. The van der Waals surface area contributed by atoms with E-state index in [2.05, 4.69) is 62.2 Å². The topological polar surface area (TPSA) is 108 Å². The molecular weight excluding hydrogens is 542 g/mol. The lowest BCUT2D eigenvalue weighted by molar-refractivity contribution is 0.261. The van der Waals surface area contributed by atoms with Crippen LogP contribution in [-0.4, -0.2) is 67.2 Å². The van der Waals surface area contributed by atoms with Gasteiger partial charge in [-0.25, -0.2) is 4.98 Å². The van der Waals surface area contributed by atoms with Crippen molar-refractivity contribution in [1.29, 1.82) is 0 Å². The smallest absolute Gasteiger partial charge is 0.138 e. The Morgan fingerprint density at radius 2 is 1.98 bits per heavy atom. The molecule has 0 amide bonds. The van der Waals surface area contributed by atoms with Crippen LogP contribution in [0.15, 0.2) is 83.9 Å². The molecule has 3 N–H and O–H groups in total. The van der Waals surface area contributed by atoms with Gasteiger partial charge in [-0.1, -0.05) is 24.3 Å². The monoisotopic (exact) mass is 573 g/mol. The maximum absolute atomic E-state index is 5.97. The van der Waals surface area contributed by atoms with Gasteiger partial charge in [0.15, 0.2) is 0 Å². The number of ether oxygens (including phenoxy) is 3.